The van der Waals surface area contributed by atoms with Gasteiger partial charge in [-0.1, -0.05) is 6.07 Å². The number of hydrogen-bond donors (Lipinski definition) is 2. The van der Waals surface area contributed by atoms with Crippen LogP contribution in [0.25, 0.3) is 0 Å². The Morgan fingerprint density at radius 1 is 1.48 bits per heavy atom. The molecule has 5 nitrogen and oxygen atoms in total. The molecule has 3 atom stereocenters. The molecule has 1 heterocycles. The van der Waals surface area contributed by atoms with E-state index < -0.39 is 6.10 Å². The summed E-state index contributed by atoms with van der Waals surface area (Å²) in [5.74, 6) is 0.263. The van der Waals surface area contributed by atoms with Crippen LogP contribution in [0.2, 0.25) is 0 Å². The van der Waals surface area contributed by atoms with Crippen LogP contribution in [0.3, 0.4) is 0 Å². The van der Waals surface area contributed by atoms with E-state index in [9.17, 15) is 9.90 Å². The van der Waals surface area contributed by atoms with Crippen LogP contribution in [0.4, 0.5) is 5.69 Å². The second-order valence-electron chi connectivity index (χ2n) is 5.75. The number of carbonyl (C=O) groups excluding carboxylic acids is 1. The van der Waals surface area contributed by atoms with Crippen LogP contribution in [0.1, 0.15) is 38.4 Å². The summed E-state index contributed by atoms with van der Waals surface area (Å²) in [5, 5.41) is 10.1. The molecule has 21 heavy (non-hydrogen) atoms. The van der Waals surface area contributed by atoms with Gasteiger partial charge >= 0.3 is 0 Å². The molecule has 2 unspecified atom stereocenters. The second-order valence-corrected chi connectivity index (χ2v) is 5.75. The summed E-state index contributed by atoms with van der Waals surface area (Å²) in [6.07, 6.45) is 1.09. The Hall–Kier alpha value is -1.75. The van der Waals surface area contributed by atoms with Crippen molar-refractivity contribution in [2.24, 2.45) is 11.7 Å². The van der Waals surface area contributed by atoms with Gasteiger partial charge in [-0.3, -0.25) is 4.79 Å². The van der Waals surface area contributed by atoms with Crippen molar-refractivity contribution >= 4 is 11.6 Å². The van der Waals surface area contributed by atoms with Gasteiger partial charge in [0.15, 0.2) is 0 Å². The van der Waals surface area contributed by atoms with Gasteiger partial charge in [0, 0.05) is 23.8 Å². The van der Waals surface area contributed by atoms with Crippen molar-refractivity contribution in [1.82, 2.24) is 0 Å². The fraction of sp³-hybridized carbons (Fsp3) is 0.562. The lowest BCUT2D eigenvalue weighted by Crippen LogP contribution is -2.46. The fourth-order valence-corrected chi connectivity index (χ4v) is 3.06. The first kappa shape index (κ1) is 15.6. The van der Waals surface area contributed by atoms with Crippen molar-refractivity contribution in [3.8, 4) is 5.75 Å². The van der Waals surface area contributed by atoms with E-state index in [0.717, 1.165) is 24.1 Å². The van der Waals surface area contributed by atoms with E-state index in [2.05, 4.69) is 11.8 Å². The Bertz CT molecular complexity index is 516. The number of anilines is 1. The lowest BCUT2D eigenvalue weighted by molar-refractivity contribution is -0.122. The first-order valence-corrected chi connectivity index (χ1v) is 7.36. The summed E-state index contributed by atoms with van der Waals surface area (Å²) in [6, 6.07) is 6.00. The first-order chi connectivity index (χ1) is 9.95. The van der Waals surface area contributed by atoms with Gasteiger partial charge in [0.2, 0.25) is 5.91 Å². The maximum Gasteiger partial charge on any atom is 0.222 e. The number of amides is 1. The zero-order valence-corrected chi connectivity index (χ0v) is 12.9. The molecule has 0 saturated carbocycles. The van der Waals surface area contributed by atoms with Gasteiger partial charge < -0.3 is 20.5 Å². The number of piperidine rings is 1. The third-order valence-corrected chi connectivity index (χ3v) is 4.27. The maximum absolute atomic E-state index is 11.5. The van der Waals surface area contributed by atoms with Crippen LogP contribution in [0, 0.1) is 5.92 Å². The number of hydrogen-bond acceptors (Lipinski definition) is 4. The summed E-state index contributed by atoms with van der Waals surface area (Å²) in [4.78, 5) is 13.7. The van der Waals surface area contributed by atoms with E-state index in [1.165, 1.54) is 0 Å². The number of nitrogens with zero attached hydrogens (tertiary/aromatic N) is 1. The molecule has 1 fully saturated rings. The summed E-state index contributed by atoms with van der Waals surface area (Å²) >= 11 is 0. The standard InChI is InChI=1S/C16H24N2O3/c1-10-7-8-12(16(17)20)9-18(10)13-5-4-6-14(21-3)15(13)11(2)19/h4-6,10-12,19H,7-9H2,1-3H3,(H2,17,20)/t10?,11-,12?/m0/s1. The van der Waals surface area contributed by atoms with Crippen molar-refractivity contribution in [1.29, 1.82) is 0 Å². The summed E-state index contributed by atoms with van der Waals surface area (Å²) < 4.78 is 5.37. The molecule has 1 saturated heterocycles. The van der Waals surface area contributed by atoms with E-state index in [1.807, 2.05) is 18.2 Å². The third-order valence-electron chi connectivity index (χ3n) is 4.27. The number of carbonyl (C=O) groups is 1. The lowest BCUT2D eigenvalue weighted by atomic mass is 9.91. The van der Waals surface area contributed by atoms with E-state index >= 15 is 0 Å². The van der Waals surface area contributed by atoms with E-state index in [-0.39, 0.29) is 11.8 Å². The minimum Gasteiger partial charge on any atom is -0.496 e. The Morgan fingerprint density at radius 3 is 2.76 bits per heavy atom. The molecule has 1 aliphatic rings. The Labute approximate surface area is 125 Å². The Kier molecular flexibility index (Phi) is 4.73. The highest BCUT2D eigenvalue weighted by Crippen LogP contribution is 2.38. The largest absolute Gasteiger partial charge is 0.496 e. The second kappa shape index (κ2) is 6.35. The van der Waals surface area contributed by atoms with Gasteiger partial charge in [-0.15, -0.1) is 0 Å². The minimum atomic E-state index is -0.641. The molecule has 5 heteroatoms. The van der Waals surface area contributed by atoms with Crippen molar-refractivity contribution in [3.63, 3.8) is 0 Å². The van der Waals surface area contributed by atoms with Gasteiger partial charge in [-0.05, 0) is 38.8 Å². The van der Waals surface area contributed by atoms with Gasteiger partial charge in [-0.25, -0.2) is 0 Å². The van der Waals surface area contributed by atoms with E-state index in [0.29, 0.717) is 18.3 Å². The average molecular weight is 292 g/mol. The minimum absolute atomic E-state index is 0.144. The number of ether oxygens (including phenoxy) is 1. The molecule has 2 rings (SSSR count). The molecule has 1 aromatic rings. The van der Waals surface area contributed by atoms with Gasteiger partial charge in [-0.2, -0.15) is 0 Å². The van der Waals surface area contributed by atoms with Crippen molar-refractivity contribution in [3.05, 3.63) is 23.8 Å². The van der Waals surface area contributed by atoms with Gasteiger partial charge in [0.25, 0.3) is 0 Å². The van der Waals surface area contributed by atoms with E-state index in [1.54, 1.807) is 14.0 Å². The molecule has 0 bridgehead atoms. The number of primary amides is 1. The highest BCUT2D eigenvalue weighted by atomic mass is 16.5. The SMILES string of the molecule is COc1cccc(N2CC(C(N)=O)CCC2C)c1[C@H](C)O. The monoisotopic (exact) mass is 292 g/mol. The molecule has 1 aliphatic heterocycles. The zero-order chi connectivity index (χ0) is 15.6. The highest BCUT2D eigenvalue weighted by Gasteiger charge is 2.31. The molecule has 0 radical (unpaired) electrons. The molecular formula is C16H24N2O3. The lowest BCUT2D eigenvalue weighted by Gasteiger charge is -2.40. The number of aliphatic hydroxyl groups excluding tert-OH is 1. The molecule has 0 aliphatic carbocycles. The summed E-state index contributed by atoms with van der Waals surface area (Å²) in [7, 11) is 1.59. The van der Waals surface area contributed by atoms with Gasteiger partial charge in [0.05, 0.1) is 19.1 Å². The quantitative estimate of drug-likeness (QED) is 0.888. The molecule has 1 amide bonds. The predicted molar refractivity (Wildman–Crippen MR) is 82.4 cm³/mol. The molecule has 3 N–H and O–H groups in total. The van der Waals surface area contributed by atoms with E-state index in [4.69, 9.17) is 10.5 Å². The summed E-state index contributed by atoms with van der Waals surface area (Å²) in [6.45, 7) is 4.44. The number of methoxy groups -OCH3 is 1. The highest BCUT2D eigenvalue weighted by molar-refractivity contribution is 5.78. The number of nitrogens with two attached hydrogens (primary N) is 1. The van der Waals surface area contributed by atoms with Crippen LogP contribution in [0.5, 0.6) is 5.75 Å². The van der Waals surface area contributed by atoms with Crippen molar-refractivity contribution < 1.29 is 14.6 Å². The maximum atomic E-state index is 11.5. The average Bonchev–Trinajstić information content (AvgIpc) is 2.46. The zero-order valence-electron chi connectivity index (χ0n) is 12.9. The number of aliphatic hydroxyl groups is 1. The summed E-state index contributed by atoms with van der Waals surface area (Å²) in [5.41, 5.74) is 7.15. The molecule has 116 valence electrons. The molecule has 1 aromatic carbocycles. The van der Waals surface area contributed by atoms with Crippen LogP contribution in [-0.2, 0) is 4.79 Å². The molecule has 0 spiro atoms. The van der Waals surface area contributed by atoms with Gasteiger partial charge in [0.1, 0.15) is 5.75 Å². The normalized spacial score (nSPS) is 23.7. The van der Waals surface area contributed by atoms with Crippen molar-refractivity contribution in [2.45, 2.75) is 38.8 Å². The third kappa shape index (κ3) is 3.13. The Balaban J connectivity index is 2.41. The smallest absolute Gasteiger partial charge is 0.222 e. The van der Waals surface area contributed by atoms with Crippen LogP contribution >= 0.6 is 0 Å². The number of benzene rings is 1. The Morgan fingerprint density at radius 2 is 2.19 bits per heavy atom. The fourth-order valence-electron chi connectivity index (χ4n) is 3.06. The van der Waals surface area contributed by atoms with Crippen LogP contribution in [-0.4, -0.2) is 30.7 Å². The topological polar surface area (TPSA) is 75.8 Å². The predicted octanol–water partition coefficient (Wildman–Crippen LogP) is 1.84. The van der Waals surface area contributed by atoms with Crippen LogP contribution in [0.15, 0.2) is 18.2 Å². The van der Waals surface area contributed by atoms with Crippen LogP contribution < -0.4 is 15.4 Å². The first-order valence-electron chi connectivity index (χ1n) is 7.36. The number of rotatable bonds is 4. The molecule has 0 aromatic heterocycles. The molecular weight excluding hydrogens is 268 g/mol. The van der Waals surface area contributed by atoms with Crippen molar-refractivity contribution in [2.75, 3.05) is 18.6 Å².